The van der Waals surface area contributed by atoms with E-state index in [2.05, 4.69) is 5.10 Å². The molecule has 8 heteroatoms. The number of aromatic nitrogens is 2. The molecule has 0 aliphatic rings. The molecule has 0 radical (unpaired) electrons. The highest BCUT2D eigenvalue weighted by Gasteiger charge is 2.29. The molecule has 0 spiro atoms. The van der Waals surface area contributed by atoms with Crippen molar-refractivity contribution >= 4 is 23.2 Å². The van der Waals surface area contributed by atoms with Gasteiger partial charge in [0.05, 0.1) is 23.0 Å². The van der Waals surface area contributed by atoms with Crippen LogP contribution in [0.25, 0.3) is 11.3 Å². The lowest BCUT2D eigenvalue weighted by atomic mass is 10.1. The minimum atomic E-state index is -4.27. The van der Waals surface area contributed by atoms with E-state index < -0.39 is 12.7 Å². The predicted octanol–water partition coefficient (Wildman–Crippen LogP) is 4.70. The second-order valence-corrected chi connectivity index (χ2v) is 6.25. The van der Waals surface area contributed by atoms with Crippen LogP contribution in [-0.4, -0.2) is 34.4 Å². The van der Waals surface area contributed by atoms with Crippen LogP contribution in [0.1, 0.15) is 11.3 Å². The molecule has 0 amide bonds. The van der Waals surface area contributed by atoms with Gasteiger partial charge in [-0.05, 0) is 32.2 Å². The second kappa shape index (κ2) is 6.71. The summed E-state index contributed by atoms with van der Waals surface area (Å²) in [4.78, 5) is 1.13. The molecule has 0 saturated carbocycles. The first-order valence-corrected chi connectivity index (χ1v) is 7.57. The van der Waals surface area contributed by atoms with E-state index in [1.54, 1.807) is 23.9 Å². The zero-order chi connectivity index (χ0) is 17.4. The molecule has 0 N–H and O–H groups in total. The van der Waals surface area contributed by atoms with Gasteiger partial charge in [-0.25, -0.2) is 0 Å². The van der Waals surface area contributed by atoms with Gasteiger partial charge >= 0.3 is 6.18 Å². The quantitative estimate of drug-likeness (QED) is 0.783. The fraction of sp³-hybridized carbons (Fsp3) is 0.400. The summed E-state index contributed by atoms with van der Waals surface area (Å²) in [6.07, 6.45) is -4.27. The topological polar surface area (TPSA) is 21.1 Å². The summed E-state index contributed by atoms with van der Waals surface area (Å²) in [7, 11) is 3.16. The van der Waals surface area contributed by atoms with Crippen molar-refractivity contribution in [3.05, 3.63) is 39.5 Å². The van der Waals surface area contributed by atoms with Gasteiger partial charge in [0.15, 0.2) is 0 Å². The van der Waals surface area contributed by atoms with Crippen LogP contribution in [0.15, 0.2) is 18.2 Å². The molecule has 126 valence electrons. The Kier molecular flexibility index (Phi) is 5.28. The second-order valence-electron chi connectivity index (χ2n) is 5.47. The van der Waals surface area contributed by atoms with Gasteiger partial charge in [-0.3, -0.25) is 9.58 Å². The van der Waals surface area contributed by atoms with E-state index in [0.717, 1.165) is 16.3 Å². The van der Waals surface area contributed by atoms with Crippen LogP contribution in [0.4, 0.5) is 13.2 Å². The van der Waals surface area contributed by atoms with Gasteiger partial charge in [-0.2, -0.15) is 18.3 Å². The number of halogens is 5. The Labute approximate surface area is 142 Å². The van der Waals surface area contributed by atoms with E-state index in [-0.39, 0.29) is 6.54 Å². The number of hydrogen-bond acceptors (Lipinski definition) is 2. The number of nitrogens with zero attached hydrogens (tertiary/aromatic N) is 3. The fourth-order valence-corrected chi connectivity index (χ4v) is 3.02. The average molecular weight is 366 g/mol. The van der Waals surface area contributed by atoms with Gasteiger partial charge in [0, 0.05) is 29.7 Å². The summed E-state index contributed by atoms with van der Waals surface area (Å²) in [6, 6.07) is 5.24. The molecular weight excluding hydrogens is 350 g/mol. The Morgan fingerprint density at radius 1 is 1.26 bits per heavy atom. The molecule has 0 saturated heterocycles. The van der Waals surface area contributed by atoms with Crippen molar-refractivity contribution in [2.45, 2.75) is 19.6 Å². The monoisotopic (exact) mass is 365 g/mol. The van der Waals surface area contributed by atoms with Crippen LogP contribution in [0, 0.1) is 6.92 Å². The maximum Gasteiger partial charge on any atom is 0.401 e. The van der Waals surface area contributed by atoms with E-state index in [9.17, 15) is 13.2 Å². The normalized spacial score (nSPS) is 12.2. The third kappa shape index (κ3) is 4.40. The first-order valence-electron chi connectivity index (χ1n) is 6.81. The number of hydrogen-bond donors (Lipinski definition) is 0. The Balaban J connectivity index is 2.38. The van der Waals surface area contributed by atoms with Crippen molar-refractivity contribution in [2.75, 3.05) is 13.6 Å². The van der Waals surface area contributed by atoms with Crippen LogP contribution in [-0.2, 0) is 13.6 Å². The number of alkyl halides is 3. The number of benzene rings is 1. The summed E-state index contributed by atoms with van der Waals surface area (Å²) in [5, 5.41) is 4.94. The van der Waals surface area contributed by atoms with Gasteiger partial charge in [-0.1, -0.05) is 23.2 Å². The largest absolute Gasteiger partial charge is 0.401 e. The Bertz CT molecular complexity index is 711. The summed E-state index contributed by atoms with van der Waals surface area (Å²) >= 11 is 12.5. The predicted molar refractivity (Wildman–Crippen MR) is 85.8 cm³/mol. The highest BCUT2D eigenvalue weighted by molar-refractivity contribution is 6.37. The summed E-state index contributed by atoms with van der Waals surface area (Å²) in [6.45, 7) is 0.821. The van der Waals surface area contributed by atoms with E-state index in [4.69, 9.17) is 23.2 Å². The van der Waals surface area contributed by atoms with Crippen LogP contribution in [0.2, 0.25) is 10.0 Å². The fourth-order valence-electron chi connectivity index (χ4n) is 2.43. The first-order chi connectivity index (χ1) is 10.6. The van der Waals surface area contributed by atoms with Crippen molar-refractivity contribution < 1.29 is 13.2 Å². The minimum absolute atomic E-state index is 0.00184. The summed E-state index contributed by atoms with van der Waals surface area (Å²) < 4.78 is 39.1. The minimum Gasteiger partial charge on any atom is -0.294 e. The van der Waals surface area contributed by atoms with E-state index >= 15 is 0 Å². The molecule has 0 aliphatic heterocycles. The maximum absolute atomic E-state index is 12.5. The van der Waals surface area contributed by atoms with E-state index in [0.29, 0.717) is 21.2 Å². The lowest BCUT2D eigenvalue weighted by molar-refractivity contribution is -0.144. The molecule has 0 unspecified atom stereocenters. The van der Waals surface area contributed by atoms with Gasteiger partial charge in [-0.15, -0.1) is 0 Å². The lowest BCUT2D eigenvalue weighted by Crippen LogP contribution is -2.30. The molecule has 1 aromatic heterocycles. The number of aryl methyl sites for hydroxylation is 2. The highest BCUT2D eigenvalue weighted by Crippen LogP contribution is 2.35. The summed E-state index contributed by atoms with van der Waals surface area (Å²) in [5.74, 6) is 0. The molecule has 1 heterocycles. The maximum atomic E-state index is 12.5. The van der Waals surface area contributed by atoms with Crippen molar-refractivity contribution in [1.29, 1.82) is 0 Å². The third-order valence-electron chi connectivity index (χ3n) is 3.34. The smallest absolute Gasteiger partial charge is 0.294 e. The standard InChI is InChI=1S/C15H16Cl2F3N3/c1-9-6-13(23(3)21-9)10-4-5-12(16)11(14(10)17)7-22(2)8-15(18,19)20/h4-6H,7-8H2,1-3H3. The SMILES string of the molecule is Cc1cc(-c2ccc(Cl)c(CN(C)CC(F)(F)F)c2Cl)n(C)n1. The molecule has 2 rings (SSSR count). The van der Waals surface area contributed by atoms with Gasteiger partial charge < -0.3 is 0 Å². The van der Waals surface area contributed by atoms with E-state index in [1.165, 1.54) is 7.05 Å². The van der Waals surface area contributed by atoms with Crippen molar-refractivity contribution in [3.63, 3.8) is 0 Å². The molecule has 23 heavy (non-hydrogen) atoms. The van der Waals surface area contributed by atoms with Crippen LogP contribution < -0.4 is 0 Å². The molecule has 3 nitrogen and oxygen atoms in total. The molecule has 1 aromatic carbocycles. The molecule has 0 aliphatic carbocycles. The average Bonchev–Trinajstić information content (AvgIpc) is 2.71. The summed E-state index contributed by atoms with van der Waals surface area (Å²) in [5.41, 5.74) is 2.76. The van der Waals surface area contributed by atoms with Gasteiger partial charge in [0.2, 0.25) is 0 Å². The van der Waals surface area contributed by atoms with Crippen LogP contribution >= 0.6 is 23.2 Å². The van der Waals surface area contributed by atoms with Crippen molar-refractivity contribution in [2.24, 2.45) is 7.05 Å². The van der Waals surface area contributed by atoms with Gasteiger partial charge in [0.1, 0.15) is 0 Å². The molecule has 2 aromatic rings. The molecule has 0 atom stereocenters. The zero-order valence-corrected chi connectivity index (χ0v) is 14.4. The lowest BCUT2D eigenvalue weighted by Gasteiger charge is -2.21. The van der Waals surface area contributed by atoms with Crippen LogP contribution in [0.3, 0.4) is 0 Å². The first kappa shape index (κ1) is 18.1. The molecular formula is C15H16Cl2F3N3. The Morgan fingerprint density at radius 3 is 2.43 bits per heavy atom. The molecule has 0 bridgehead atoms. The Hall–Kier alpha value is -1.24. The van der Waals surface area contributed by atoms with E-state index in [1.807, 2.05) is 13.0 Å². The van der Waals surface area contributed by atoms with Crippen molar-refractivity contribution in [3.8, 4) is 11.3 Å². The van der Waals surface area contributed by atoms with Crippen LogP contribution in [0.5, 0.6) is 0 Å². The highest BCUT2D eigenvalue weighted by atomic mass is 35.5. The molecule has 0 fully saturated rings. The number of rotatable bonds is 4. The van der Waals surface area contributed by atoms with Gasteiger partial charge in [0.25, 0.3) is 0 Å². The Morgan fingerprint density at radius 2 is 1.91 bits per heavy atom. The van der Waals surface area contributed by atoms with Crippen molar-refractivity contribution in [1.82, 2.24) is 14.7 Å². The third-order valence-corrected chi connectivity index (χ3v) is 4.13. The zero-order valence-electron chi connectivity index (χ0n) is 12.9.